The molecule has 1 aliphatic rings. The van der Waals surface area contributed by atoms with Crippen LogP contribution in [-0.4, -0.2) is 68.8 Å². The molecule has 2 atom stereocenters. The highest BCUT2D eigenvalue weighted by molar-refractivity contribution is 7.88. The molecular weight excluding hydrogens is 447 g/mol. The first-order valence-electron chi connectivity index (χ1n) is 9.60. The Labute approximate surface area is 183 Å². The lowest BCUT2D eigenvalue weighted by Gasteiger charge is -2.34. The van der Waals surface area contributed by atoms with Crippen LogP contribution in [0, 0.1) is 12.7 Å². The summed E-state index contributed by atoms with van der Waals surface area (Å²) in [6, 6.07) is 2.52. The number of halogens is 2. The number of fused-ring (bicyclic) bond motifs is 1. The van der Waals surface area contributed by atoms with Gasteiger partial charge in [0, 0.05) is 31.8 Å². The number of benzene rings is 1. The summed E-state index contributed by atoms with van der Waals surface area (Å²) in [4.78, 5) is 12.8. The van der Waals surface area contributed by atoms with Crippen molar-refractivity contribution < 1.29 is 17.9 Å². The third kappa shape index (κ3) is 4.22. The van der Waals surface area contributed by atoms with Gasteiger partial charge < -0.3 is 15.0 Å². The molecule has 0 bridgehead atoms. The molecule has 0 radical (unpaired) electrons. The number of aliphatic hydroxyl groups is 1. The summed E-state index contributed by atoms with van der Waals surface area (Å²) in [5, 5.41) is 13.6. The van der Waals surface area contributed by atoms with Gasteiger partial charge in [0.25, 0.3) is 0 Å². The highest BCUT2D eigenvalue weighted by Gasteiger charge is 2.32. The van der Waals surface area contributed by atoms with E-state index in [1.54, 1.807) is 6.07 Å². The summed E-state index contributed by atoms with van der Waals surface area (Å²) in [6.45, 7) is 2.07. The van der Waals surface area contributed by atoms with Gasteiger partial charge in [-0.3, -0.25) is 0 Å². The number of imidazole rings is 1. The number of sulfonamides is 1. The van der Waals surface area contributed by atoms with Gasteiger partial charge in [0.2, 0.25) is 16.0 Å². The minimum atomic E-state index is -3.38. The zero-order valence-corrected chi connectivity index (χ0v) is 18.7. The maximum absolute atomic E-state index is 14.8. The van der Waals surface area contributed by atoms with Crippen LogP contribution in [-0.2, 0) is 17.1 Å². The fourth-order valence-electron chi connectivity index (χ4n) is 3.68. The largest absolute Gasteiger partial charge is 0.390 e. The maximum Gasteiger partial charge on any atom is 0.223 e. The van der Waals surface area contributed by atoms with E-state index >= 15 is 0 Å². The fourth-order valence-corrected chi connectivity index (χ4v) is 4.73. The van der Waals surface area contributed by atoms with Crippen molar-refractivity contribution >= 4 is 38.6 Å². The van der Waals surface area contributed by atoms with Crippen LogP contribution in [0.25, 0.3) is 22.3 Å². The first kappa shape index (κ1) is 21.9. The Kier molecular flexibility index (Phi) is 5.63. The van der Waals surface area contributed by atoms with Crippen molar-refractivity contribution in [2.75, 3.05) is 24.7 Å². The van der Waals surface area contributed by atoms with Gasteiger partial charge in [-0.25, -0.2) is 27.8 Å². The number of aromatic nitrogens is 4. The van der Waals surface area contributed by atoms with Crippen molar-refractivity contribution in [1.29, 1.82) is 0 Å². The Hall–Kier alpha value is -2.34. The molecule has 1 fully saturated rings. The van der Waals surface area contributed by atoms with Crippen LogP contribution in [0.3, 0.4) is 0 Å². The van der Waals surface area contributed by atoms with Crippen molar-refractivity contribution in [2.24, 2.45) is 7.05 Å². The molecule has 1 aromatic carbocycles. The van der Waals surface area contributed by atoms with Gasteiger partial charge in [-0.1, -0.05) is 11.6 Å². The Bertz CT molecular complexity index is 1270. The zero-order chi connectivity index (χ0) is 22.5. The molecule has 9 nitrogen and oxygen atoms in total. The first-order valence-corrected chi connectivity index (χ1v) is 11.8. The van der Waals surface area contributed by atoms with Gasteiger partial charge in [-0.15, -0.1) is 0 Å². The molecule has 12 heteroatoms. The average Bonchev–Trinajstić information content (AvgIpc) is 2.96. The molecule has 0 aliphatic carbocycles. The molecular formula is C19H22ClFN6O3S. The van der Waals surface area contributed by atoms with Crippen molar-refractivity contribution in [1.82, 2.24) is 23.8 Å². The summed E-state index contributed by atoms with van der Waals surface area (Å²) >= 11 is 6.28. The average molecular weight is 469 g/mol. The fraction of sp³-hybridized carbons (Fsp3) is 0.421. The van der Waals surface area contributed by atoms with Crippen molar-refractivity contribution in [2.45, 2.75) is 25.5 Å². The molecule has 4 rings (SSSR count). The van der Waals surface area contributed by atoms with Gasteiger partial charge in [-0.05, 0) is 19.4 Å². The normalized spacial score (nSPS) is 20.3. The number of piperidine rings is 1. The number of aliphatic hydroxyl groups excluding tert-OH is 1. The molecule has 166 valence electrons. The van der Waals surface area contributed by atoms with E-state index in [0.717, 1.165) is 17.6 Å². The van der Waals surface area contributed by atoms with Gasteiger partial charge in [0.1, 0.15) is 11.6 Å². The predicted octanol–water partition coefficient (Wildman–Crippen LogP) is 1.94. The molecule has 0 amide bonds. The molecule has 0 saturated carbocycles. The highest BCUT2D eigenvalue weighted by Crippen LogP contribution is 2.32. The van der Waals surface area contributed by atoms with Crippen LogP contribution in [0.1, 0.15) is 12.2 Å². The second kappa shape index (κ2) is 7.97. The summed E-state index contributed by atoms with van der Waals surface area (Å²) in [5.74, 6) is 0.396. The van der Waals surface area contributed by atoms with Crippen LogP contribution in [0.2, 0.25) is 5.02 Å². The summed E-state index contributed by atoms with van der Waals surface area (Å²) in [7, 11) is -1.54. The lowest BCUT2D eigenvalue weighted by atomic mass is 10.0. The van der Waals surface area contributed by atoms with Crippen molar-refractivity contribution in [3.05, 3.63) is 35.0 Å². The maximum atomic E-state index is 14.8. The molecule has 1 unspecified atom stereocenters. The smallest absolute Gasteiger partial charge is 0.223 e. The van der Waals surface area contributed by atoms with Crippen molar-refractivity contribution in [3.63, 3.8) is 0 Å². The second-order valence-electron chi connectivity index (χ2n) is 7.66. The monoisotopic (exact) mass is 468 g/mol. The quantitative estimate of drug-likeness (QED) is 0.601. The lowest BCUT2D eigenvalue weighted by Crippen LogP contribution is -2.51. The second-order valence-corrected chi connectivity index (χ2v) is 10.0. The summed E-state index contributed by atoms with van der Waals surface area (Å²) in [6.07, 6.45) is 1.89. The Morgan fingerprint density at radius 2 is 2.06 bits per heavy atom. The third-order valence-electron chi connectivity index (χ3n) is 5.52. The molecule has 0 spiro atoms. The molecule has 1 aliphatic heterocycles. The van der Waals surface area contributed by atoms with E-state index in [4.69, 9.17) is 11.6 Å². The number of rotatable bonds is 4. The minimum absolute atomic E-state index is 0.0257. The van der Waals surface area contributed by atoms with Crippen LogP contribution >= 0.6 is 11.6 Å². The predicted molar refractivity (Wildman–Crippen MR) is 116 cm³/mol. The first-order chi connectivity index (χ1) is 14.5. The number of hydrogen-bond acceptors (Lipinski definition) is 7. The van der Waals surface area contributed by atoms with E-state index in [1.165, 1.54) is 16.6 Å². The van der Waals surface area contributed by atoms with E-state index in [1.807, 2.05) is 18.5 Å². The molecule has 2 N–H and O–H groups in total. The summed E-state index contributed by atoms with van der Waals surface area (Å²) < 4.78 is 41.3. The number of aryl methyl sites for hydroxylation is 2. The third-order valence-corrected chi connectivity index (χ3v) is 7.07. The molecule has 31 heavy (non-hydrogen) atoms. The number of anilines is 1. The van der Waals surface area contributed by atoms with Gasteiger partial charge in [0.15, 0.2) is 0 Å². The van der Waals surface area contributed by atoms with E-state index in [-0.39, 0.29) is 35.3 Å². The standard InChI is InChI=1S/C19H22ClFN6O3S/c1-10-23-15-7-13(21)11(6-16(15)26(10)2)18-12(20)8-22-19(25-18)24-14-4-5-27(9-17(14)28)31(3,29)30/h6-8,14,17,28H,4-5,9H2,1-3H3,(H,22,24,25)/t14-,17?/m1/s1. The number of nitrogens with zero attached hydrogens (tertiary/aromatic N) is 5. The van der Waals surface area contributed by atoms with E-state index in [0.29, 0.717) is 11.9 Å². The van der Waals surface area contributed by atoms with Crippen LogP contribution in [0.5, 0.6) is 0 Å². The Morgan fingerprint density at radius 3 is 2.74 bits per heavy atom. The van der Waals surface area contributed by atoms with Crippen LogP contribution in [0.4, 0.5) is 10.3 Å². The number of hydrogen-bond donors (Lipinski definition) is 2. The van der Waals surface area contributed by atoms with E-state index in [2.05, 4.69) is 20.3 Å². The lowest BCUT2D eigenvalue weighted by molar-refractivity contribution is 0.0950. The van der Waals surface area contributed by atoms with E-state index in [9.17, 15) is 17.9 Å². The van der Waals surface area contributed by atoms with Gasteiger partial charge in [-0.2, -0.15) is 4.31 Å². The van der Waals surface area contributed by atoms with Crippen LogP contribution < -0.4 is 5.32 Å². The van der Waals surface area contributed by atoms with Gasteiger partial charge >= 0.3 is 0 Å². The Balaban J connectivity index is 1.63. The number of nitrogens with one attached hydrogen (secondary N) is 1. The van der Waals surface area contributed by atoms with E-state index < -0.39 is 28.0 Å². The molecule has 3 aromatic rings. The number of β-amino-alcohol motifs (C(OH)–C–C–N with tert-alkyl or cyclic N) is 1. The molecule has 1 saturated heterocycles. The topological polar surface area (TPSA) is 113 Å². The SMILES string of the molecule is Cc1nc2cc(F)c(-c3nc(N[C@@H]4CCN(S(C)(=O)=O)CC4O)ncc3Cl)cc2n1C. The minimum Gasteiger partial charge on any atom is -0.390 e. The highest BCUT2D eigenvalue weighted by atomic mass is 35.5. The van der Waals surface area contributed by atoms with Crippen LogP contribution in [0.15, 0.2) is 18.3 Å². The molecule has 3 heterocycles. The Morgan fingerprint density at radius 1 is 1.32 bits per heavy atom. The van der Waals surface area contributed by atoms with Gasteiger partial charge in [0.05, 0.1) is 46.3 Å². The van der Waals surface area contributed by atoms with Crippen molar-refractivity contribution in [3.8, 4) is 11.3 Å². The molecule has 2 aromatic heterocycles. The zero-order valence-electron chi connectivity index (χ0n) is 17.2. The summed E-state index contributed by atoms with van der Waals surface area (Å²) in [5.41, 5.74) is 1.69.